The van der Waals surface area contributed by atoms with Crippen molar-refractivity contribution in [1.82, 2.24) is 5.32 Å². The number of hydrogen-bond donors (Lipinski definition) is 2. The Morgan fingerprint density at radius 2 is 0.871 bits per heavy atom. The van der Waals surface area contributed by atoms with Gasteiger partial charge in [0.1, 0.15) is 13.2 Å². The Hall–Kier alpha value is -1.54. The van der Waals surface area contributed by atoms with Gasteiger partial charge in [0, 0.05) is 6.42 Å². The van der Waals surface area contributed by atoms with Gasteiger partial charge in [0.05, 0.1) is 39.9 Å². The van der Waals surface area contributed by atoms with E-state index in [0.29, 0.717) is 23.9 Å². The molecule has 0 fully saturated rings. The molecule has 70 heavy (non-hydrogen) atoms. The number of phosphoric acid groups is 1. The number of phosphoric ester groups is 1. The van der Waals surface area contributed by atoms with Gasteiger partial charge in [-0.1, -0.05) is 274 Å². The molecule has 0 bridgehead atoms. The lowest BCUT2D eigenvalue weighted by Gasteiger charge is -2.30. The van der Waals surface area contributed by atoms with Gasteiger partial charge in [-0.3, -0.25) is 9.36 Å². The summed E-state index contributed by atoms with van der Waals surface area (Å²) in [5, 5.41) is 14.0. The smallest absolute Gasteiger partial charge is 0.268 e. The molecule has 0 radical (unpaired) electrons. The normalized spacial score (nSPS) is 14.2. The predicted octanol–water partition coefficient (Wildman–Crippen LogP) is 17.7. The molecule has 0 spiro atoms. The third-order valence-electron chi connectivity index (χ3n) is 13.6. The predicted molar refractivity (Wildman–Crippen MR) is 302 cm³/mol. The second-order valence-electron chi connectivity index (χ2n) is 21.7. The van der Waals surface area contributed by atoms with Crippen molar-refractivity contribution in [2.75, 3.05) is 40.9 Å². The molecule has 0 aromatic carbocycles. The first-order chi connectivity index (χ1) is 34.0. The molecule has 0 rings (SSSR count). The zero-order valence-electron chi connectivity index (χ0n) is 47.0. The average Bonchev–Trinajstić information content (AvgIpc) is 3.32. The Morgan fingerprint density at radius 1 is 0.514 bits per heavy atom. The highest BCUT2D eigenvalue weighted by Gasteiger charge is 2.24. The van der Waals surface area contributed by atoms with Crippen LogP contribution in [0.25, 0.3) is 0 Å². The summed E-state index contributed by atoms with van der Waals surface area (Å²) in [5.74, 6) is -0.161. The second-order valence-corrected chi connectivity index (χ2v) is 23.1. The minimum Gasteiger partial charge on any atom is -0.756 e. The van der Waals surface area contributed by atoms with E-state index >= 15 is 0 Å². The third kappa shape index (κ3) is 54.2. The molecule has 0 aliphatic heterocycles. The van der Waals surface area contributed by atoms with Crippen LogP contribution in [0.2, 0.25) is 0 Å². The highest BCUT2D eigenvalue weighted by Crippen LogP contribution is 2.38. The minimum absolute atomic E-state index is 0.0136. The number of aliphatic hydroxyl groups excluding tert-OH is 1. The third-order valence-corrected chi connectivity index (χ3v) is 14.5. The first-order valence-corrected chi connectivity index (χ1v) is 31.4. The lowest BCUT2D eigenvalue weighted by atomic mass is 10.0. The number of nitrogens with one attached hydrogen (secondary N) is 1. The molecule has 0 aliphatic carbocycles. The molecule has 9 heteroatoms. The maximum Gasteiger partial charge on any atom is 0.268 e. The van der Waals surface area contributed by atoms with Crippen LogP contribution in [0.3, 0.4) is 0 Å². The number of rotatable bonds is 55. The van der Waals surface area contributed by atoms with Crippen LogP contribution in [0.15, 0.2) is 48.6 Å². The van der Waals surface area contributed by atoms with Gasteiger partial charge in [0.25, 0.3) is 7.82 Å². The molecule has 412 valence electrons. The molecule has 8 nitrogen and oxygen atoms in total. The molecule has 2 N–H and O–H groups in total. The quantitative estimate of drug-likeness (QED) is 0.0272. The molecular weight excluding hydrogens is 888 g/mol. The number of likely N-dealkylation sites (N-methyl/N-ethyl adjacent to an activating group) is 1. The number of aliphatic hydroxyl groups is 1. The number of unbranched alkanes of at least 4 members (excludes halogenated alkanes) is 34. The van der Waals surface area contributed by atoms with Crippen molar-refractivity contribution in [3.8, 4) is 0 Å². The van der Waals surface area contributed by atoms with Crippen LogP contribution in [-0.4, -0.2) is 68.5 Å². The zero-order valence-corrected chi connectivity index (χ0v) is 47.9. The van der Waals surface area contributed by atoms with E-state index in [4.69, 9.17) is 9.05 Å². The van der Waals surface area contributed by atoms with Gasteiger partial charge in [0.15, 0.2) is 0 Å². The SMILES string of the molecule is CC/C=C\C/C=C\C/C=C\C/C=C\CCCCCCCCCCCCCCCCCCCCCCCCC(=O)NC(COP(=O)([O-])OCC[N+](C)(C)C)C(O)CCCCCCCCCCCCCCC. The average molecular weight is 1010 g/mol. The van der Waals surface area contributed by atoms with Crippen molar-refractivity contribution < 1.29 is 32.9 Å². The fourth-order valence-electron chi connectivity index (χ4n) is 8.92. The first-order valence-electron chi connectivity index (χ1n) is 30.0. The Bertz CT molecular complexity index is 1280. The highest BCUT2D eigenvalue weighted by molar-refractivity contribution is 7.45. The number of nitrogens with zero attached hydrogens (tertiary/aromatic N) is 1. The highest BCUT2D eigenvalue weighted by atomic mass is 31.2. The molecule has 0 aromatic rings. The van der Waals surface area contributed by atoms with Crippen LogP contribution in [0.5, 0.6) is 0 Å². The van der Waals surface area contributed by atoms with Crippen molar-refractivity contribution >= 4 is 13.7 Å². The lowest BCUT2D eigenvalue weighted by molar-refractivity contribution is -0.870. The summed E-state index contributed by atoms with van der Waals surface area (Å²) in [6.45, 7) is 4.63. The number of carbonyl (C=O) groups excluding carboxylic acids is 1. The lowest BCUT2D eigenvalue weighted by Crippen LogP contribution is -2.46. The Balaban J connectivity index is 3.93. The van der Waals surface area contributed by atoms with E-state index in [0.717, 1.165) is 64.2 Å². The summed E-state index contributed by atoms with van der Waals surface area (Å²) < 4.78 is 23.4. The van der Waals surface area contributed by atoms with Crippen molar-refractivity contribution in [1.29, 1.82) is 0 Å². The summed E-state index contributed by atoms with van der Waals surface area (Å²) in [6, 6.07) is -0.798. The Labute approximate surface area is 435 Å². The first kappa shape index (κ1) is 68.5. The maximum absolute atomic E-state index is 13.0. The Morgan fingerprint density at radius 3 is 1.27 bits per heavy atom. The van der Waals surface area contributed by atoms with Gasteiger partial charge in [-0.2, -0.15) is 0 Å². The van der Waals surface area contributed by atoms with Crippen molar-refractivity contribution in [3.05, 3.63) is 48.6 Å². The van der Waals surface area contributed by atoms with E-state index < -0.39 is 20.0 Å². The molecule has 1 amide bonds. The monoisotopic (exact) mass is 1000 g/mol. The van der Waals surface area contributed by atoms with Gasteiger partial charge >= 0.3 is 0 Å². The minimum atomic E-state index is -4.57. The van der Waals surface area contributed by atoms with Crippen LogP contribution < -0.4 is 10.2 Å². The van der Waals surface area contributed by atoms with E-state index in [9.17, 15) is 19.4 Å². The number of carbonyl (C=O) groups is 1. The fraction of sp³-hybridized carbons (Fsp3) is 0.852. The topological polar surface area (TPSA) is 108 Å². The molecule has 0 aliphatic rings. The molecule has 0 aromatic heterocycles. The molecule has 0 saturated heterocycles. The summed E-state index contributed by atoms with van der Waals surface area (Å²) in [7, 11) is 1.31. The van der Waals surface area contributed by atoms with Crippen molar-refractivity contribution in [3.63, 3.8) is 0 Å². The van der Waals surface area contributed by atoms with Crippen LogP contribution in [-0.2, 0) is 18.4 Å². The van der Waals surface area contributed by atoms with Crippen LogP contribution in [0.4, 0.5) is 0 Å². The number of hydrogen-bond acceptors (Lipinski definition) is 6. The van der Waals surface area contributed by atoms with Gasteiger partial charge in [-0.15, -0.1) is 0 Å². The zero-order chi connectivity index (χ0) is 51.3. The second kappa shape index (κ2) is 52.3. The van der Waals surface area contributed by atoms with Crippen LogP contribution in [0.1, 0.15) is 284 Å². The molecule has 3 unspecified atom stereocenters. The van der Waals surface area contributed by atoms with E-state index in [1.54, 1.807) is 0 Å². The Kier molecular flexibility index (Phi) is 51.2. The largest absolute Gasteiger partial charge is 0.756 e. The fourth-order valence-corrected chi connectivity index (χ4v) is 9.64. The van der Waals surface area contributed by atoms with Crippen molar-refractivity contribution in [2.24, 2.45) is 0 Å². The van der Waals surface area contributed by atoms with Crippen LogP contribution in [0, 0.1) is 0 Å². The van der Waals surface area contributed by atoms with Crippen molar-refractivity contribution in [2.45, 2.75) is 296 Å². The molecular formula is C61H117N2O6P. The van der Waals surface area contributed by atoms with Gasteiger partial charge in [0.2, 0.25) is 5.91 Å². The molecule has 3 atom stereocenters. The summed E-state index contributed by atoms with van der Waals surface area (Å²) in [4.78, 5) is 25.5. The molecule has 0 saturated carbocycles. The van der Waals surface area contributed by atoms with E-state index in [1.807, 2.05) is 21.1 Å². The van der Waals surface area contributed by atoms with Gasteiger partial charge in [-0.25, -0.2) is 0 Å². The van der Waals surface area contributed by atoms with Gasteiger partial charge < -0.3 is 28.8 Å². The van der Waals surface area contributed by atoms with E-state index in [2.05, 4.69) is 67.8 Å². The van der Waals surface area contributed by atoms with E-state index in [1.165, 1.54) is 193 Å². The standard InChI is InChI=1S/C61H117N2O6P/c1-6-8-10-12-14-16-18-20-21-22-23-24-25-26-27-28-29-30-31-32-33-34-35-36-37-38-39-40-41-43-45-47-49-51-53-55-61(65)62-59(58-69-70(66,67)68-57-56-63(3,4)5)60(64)54-52-50-48-46-44-42-19-17-15-13-11-9-7-2/h8,10,14,16,20-21,23-24,59-60,64H,6-7,9,11-13,15,17-19,22,25-58H2,1-5H3,(H-,62,65,66,67)/b10-8-,16-14-,21-20-,24-23-. The maximum atomic E-state index is 13.0. The number of amides is 1. The molecule has 0 heterocycles. The van der Waals surface area contributed by atoms with E-state index in [-0.39, 0.29) is 19.1 Å². The summed E-state index contributed by atoms with van der Waals surface area (Å²) >= 11 is 0. The summed E-state index contributed by atoms with van der Waals surface area (Å²) in [6.07, 6.45) is 68.8. The van der Waals surface area contributed by atoms with Gasteiger partial charge in [-0.05, 0) is 51.4 Å². The number of quaternary nitrogens is 1. The summed E-state index contributed by atoms with van der Waals surface area (Å²) in [5.41, 5.74) is 0. The van der Waals surface area contributed by atoms with Crippen LogP contribution >= 0.6 is 7.82 Å². The number of allylic oxidation sites excluding steroid dienone is 8.